The summed E-state index contributed by atoms with van der Waals surface area (Å²) in [5.41, 5.74) is 6.91. The second kappa shape index (κ2) is 8.50. The van der Waals surface area contributed by atoms with E-state index in [1.54, 1.807) is 21.3 Å². The molecule has 0 radical (unpaired) electrons. The fraction of sp³-hybridized carbons (Fsp3) is 0.588. The summed E-state index contributed by atoms with van der Waals surface area (Å²) in [5.74, 6) is 2.31. The van der Waals surface area contributed by atoms with Crippen molar-refractivity contribution in [1.82, 2.24) is 5.32 Å². The molecule has 1 saturated carbocycles. The number of benzene rings is 1. The van der Waals surface area contributed by atoms with E-state index in [4.69, 9.17) is 19.9 Å². The minimum Gasteiger partial charge on any atom is -0.493 e. The summed E-state index contributed by atoms with van der Waals surface area (Å²) in [6.07, 6.45) is 6.16. The molecule has 0 amide bonds. The highest BCUT2D eigenvalue weighted by Gasteiger charge is 2.16. The summed E-state index contributed by atoms with van der Waals surface area (Å²) in [6.45, 7) is 0.426. The normalized spacial score (nSPS) is 16.0. The van der Waals surface area contributed by atoms with Gasteiger partial charge in [-0.05, 0) is 25.0 Å². The number of hydrogen-bond donors (Lipinski definition) is 2. The number of ether oxygens (including phenoxy) is 3. The molecular weight excluding hydrogens is 294 g/mol. The van der Waals surface area contributed by atoms with Crippen molar-refractivity contribution >= 4 is 5.96 Å². The lowest BCUT2D eigenvalue weighted by atomic mass is 9.96. The predicted molar refractivity (Wildman–Crippen MR) is 91.4 cm³/mol. The molecule has 0 spiro atoms. The average molecular weight is 321 g/mol. The van der Waals surface area contributed by atoms with Gasteiger partial charge in [-0.25, -0.2) is 4.99 Å². The van der Waals surface area contributed by atoms with Gasteiger partial charge in [0.2, 0.25) is 5.75 Å². The summed E-state index contributed by atoms with van der Waals surface area (Å²) < 4.78 is 16.1. The van der Waals surface area contributed by atoms with E-state index < -0.39 is 0 Å². The first-order valence-corrected chi connectivity index (χ1v) is 8.04. The van der Waals surface area contributed by atoms with Crippen LogP contribution in [0.15, 0.2) is 17.1 Å². The zero-order valence-electron chi connectivity index (χ0n) is 14.2. The number of aliphatic imine (C=N–C) groups is 1. The molecule has 6 heteroatoms. The van der Waals surface area contributed by atoms with Gasteiger partial charge in [-0.2, -0.15) is 0 Å². The molecule has 0 aromatic heterocycles. The summed E-state index contributed by atoms with van der Waals surface area (Å²) in [7, 11) is 4.79. The molecule has 0 bridgehead atoms. The van der Waals surface area contributed by atoms with Crippen LogP contribution < -0.4 is 25.3 Å². The minimum absolute atomic E-state index is 0.426. The van der Waals surface area contributed by atoms with Gasteiger partial charge in [0.1, 0.15) is 0 Å². The lowest BCUT2D eigenvalue weighted by molar-refractivity contribution is 0.322. The van der Waals surface area contributed by atoms with E-state index in [9.17, 15) is 0 Å². The topological polar surface area (TPSA) is 78.1 Å². The van der Waals surface area contributed by atoms with Crippen LogP contribution in [0.2, 0.25) is 0 Å². The van der Waals surface area contributed by atoms with Crippen LogP contribution in [0, 0.1) is 0 Å². The second-order valence-electron chi connectivity index (χ2n) is 5.67. The van der Waals surface area contributed by atoms with Crippen LogP contribution in [0.3, 0.4) is 0 Å². The van der Waals surface area contributed by atoms with Crippen molar-refractivity contribution < 1.29 is 14.2 Å². The highest BCUT2D eigenvalue weighted by molar-refractivity contribution is 5.78. The molecule has 23 heavy (non-hydrogen) atoms. The van der Waals surface area contributed by atoms with E-state index in [2.05, 4.69) is 10.3 Å². The molecule has 0 aliphatic heterocycles. The van der Waals surface area contributed by atoms with Gasteiger partial charge in [-0.3, -0.25) is 0 Å². The Morgan fingerprint density at radius 2 is 1.78 bits per heavy atom. The van der Waals surface area contributed by atoms with Crippen molar-refractivity contribution in [3.8, 4) is 17.2 Å². The molecule has 0 saturated heterocycles. The predicted octanol–water partition coefficient (Wildman–Crippen LogP) is 2.45. The average Bonchev–Trinajstić information content (AvgIpc) is 2.59. The standard InChI is InChI=1S/C17H27N3O3/c1-21-14-10-9-12(15(22-2)16(14)23-3)11-19-17(18)20-13-7-5-4-6-8-13/h9-10,13H,4-8,11H2,1-3H3,(H3,18,19,20). The Bertz CT molecular complexity index is 540. The third kappa shape index (κ3) is 4.43. The number of guanidine groups is 1. The molecule has 0 unspecified atom stereocenters. The molecule has 0 atom stereocenters. The molecule has 1 aliphatic rings. The highest BCUT2D eigenvalue weighted by atomic mass is 16.5. The number of nitrogens with one attached hydrogen (secondary N) is 1. The van der Waals surface area contributed by atoms with Gasteiger partial charge >= 0.3 is 0 Å². The van der Waals surface area contributed by atoms with Crippen LogP contribution in [-0.4, -0.2) is 33.3 Å². The van der Waals surface area contributed by atoms with Gasteiger partial charge in [-0.1, -0.05) is 19.3 Å². The number of nitrogens with zero attached hydrogens (tertiary/aromatic N) is 1. The Labute approximate surface area is 138 Å². The van der Waals surface area contributed by atoms with Crippen LogP contribution in [0.1, 0.15) is 37.7 Å². The molecule has 0 heterocycles. The molecule has 1 fully saturated rings. The van der Waals surface area contributed by atoms with Crippen LogP contribution in [0.25, 0.3) is 0 Å². The number of methoxy groups -OCH3 is 3. The Morgan fingerprint density at radius 1 is 1.09 bits per heavy atom. The van der Waals surface area contributed by atoms with Crippen LogP contribution >= 0.6 is 0 Å². The first-order valence-electron chi connectivity index (χ1n) is 8.04. The van der Waals surface area contributed by atoms with Crippen molar-refractivity contribution in [3.05, 3.63) is 17.7 Å². The molecule has 1 aromatic rings. The Morgan fingerprint density at radius 3 is 2.39 bits per heavy atom. The van der Waals surface area contributed by atoms with Gasteiger partial charge in [0.15, 0.2) is 17.5 Å². The number of nitrogens with two attached hydrogens (primary N) is 1. The number of hydrogen-bond acceptors (Lipinski definition) is 4. The zero-order valence-corrected chi connectivity index (χ0v) is 14.2. The summed E-state index contributed by atoms with van der Waals surface area (Å²) >= 11 is 0. The highest BCUT2D eigenvalue weighted by Crippen LogP contribution is 2.39. The maximum absolute atomic E-state index is 6.01. The monoisotopic (exact) mass is 321 g/mol. The quantitative estimate of drug-likeness (QED) is 0.621. The van der Waals surface area contributed by atoms with E-state index in [0.717, 1.165) is 18.4 Å². The molecule has 128 valence electrons. The van der Waals surface area contributed by atoms with Crippen LogP contribution in [-0.2, 0) is 6.54 Å². The minimum atomic E-state index is 0.426. The first kappa shape index (κ1) is 17.2. The van der Waals surface area contributed by atoms with E-state index in [0.29, 0.717) is 35.8 Å². The maximum atomic E-state index is 6.01. The van der Waals surface area contributed by atoms with Gasteiger partial charge in [0, 0.05) is 11.6 Å². The van der Waals surface area contributed by atoms with E-state index in [1.807, 2.05) is 12.1 Å². The molecule has 2 rings (SSSR count). The summed E-state index contributed by atoms with van der Waals surface area (Å²) in [5, 5.41) is 3.31. The third-order valence-electron chi connectivity index (χ3n) is 4.16. The zero-order chi connectivity index (χ0) is 16.7. The van der Waals surface area contributed by atoms with E-state index in [1.165, 1.54) is 19.3 Å². The van der Waals surface area contributed by atoms with Gasteiger partial charge in [0.25, 0.3) is 0 Å². The van der Waals surface area contributed by atoms with Crippen LogP contribution in [0.4, 0.5) is 0 Å². The van der Waals surface area contributed by atoms with Gasteiger partial charge in [0.05, 0.1) is 27.9 Å². The third-order valence-corrected chi connectivity index (χ3v) is 4.16. The van der Waals surface area contributed by atoms with Crippen LogP contribution in [0.5, 0.6) is 17.2 Å². The van der Waals surface area contributed by atoms with E-state index in [-0.39, 0.29) is 0 Å². The largest absolute Gasteiger partial charge is 0.493 e. The molecule has 1 aromatic carbocycles. The Hall–Kier alpha value is -2.11. The van der Waals surface area contributed by atoms with Crippen molar-refractivity contribution in [3.63, 3.8) is 0 Å². The smallest absolute Gasteiger partial charge is 0.203 e. The van der Waals surface area contributed by atoms with Crippen molar-refractivity contribution in [2.75, 3.05) is 21.3 Å². The molecule has 1 aliphatic carbocycles. The molecule has 3 N–H and O–H groups in total. The second-order valence-corrected chi connectivity index (χ2v) is 5.67. The molecule has 6 nitrogen and oxygen atoms in total. The SMILES string of the molecule is COc1ccc(CN=C(N)NC2CCCCC2)c(OC)c1OC. The van der Waals surface area contributed by atoms with Crippen molar-refractivity contribution in [1.29, 1.82) is 0 Å². The lowest BCUT2D eigenvalue weighted by Gasteiger charge is -2.23. The fourth-order valence-corrected chi connectivity index (χ4v) is 2.96. The summed E-state index contributed by atoms with van der Waals surface area (Å²) in [6, 6.07) is 4.20. The molecular formula is C17H27N3O3. The Kier molecular flexibility index (Phi) is 6.38. The van der Waals surface area contributed by atoms with E-state index >= 15 is 0 Å². The fourth-order valence-electron chi connectivity index (χ4n) is 2.96. The first-order chi connectivity index (χ1) is 11.2. The van der Waals surface area contributed by atoms with Gasteiger partial charge in [-0.15, -0.1) is 0 Å². The van der Waals surface area contributed by atoms with Crippen molar-refractivity contribution in [2.45, 2.75) is 44.7 Å². The Balaban J connectivity index is 2.08. The van der Waals surface area contributed by atoms with Gasteiger partial charge < -0.3 is 25.3 Å². The maximum Gasteiger partial charge on any atom is 0.203 e. The van der Waals surface area contributed by atoms with Crippen molar-refractivity contribution in [2.24, 2.45) is 10.7 Å². The number of rotatable bonds is 6. The summed E-state index contributed by atoms with van der Waals surface area (Å²) in [4.78, 5) is 4.43. The lowest BCUT2D eigenvalue weighted by Crippen LogP contribution is -2.41.